The third kappa shape index (κ3) is 2.76. The van der Waals surface area contributed by atoms with Gasteiger partial charge in [0.1, 0.15) is 0 Å². The maximum absolute atomic E-state index is 11.1. The van der Waals surface area contributed by atoms with E-state index in [0.717, 1.165) is 0 Å². The van der Waals surface area contributed by atoms with Crippen molar-refractivity contribution in [3.8, 4) is 0 Å². The minimum absolute atomic E-state index is 0.126. The van der Waals surface area contributed by atoms with Crippen LogP contribution in [0.25, 0.3) is 6.08 Å². The zero-order chi connectivity index (χ0) is 11.4. The van der Waals surface area contributed by atoms with Gasteiger partial charge in [0.2, 0.25) is 5.28 Å². The molecule has 0 saturated carbocycles. The Kier molecular flexibility index (Phi) is 3.80. The fraction of sp³-hybridized carbons (Fsp3) is 0.300. The van der Waals surface area contributed by atoms with Gasteiger partial charge >= 0.3 is 5.97 Å². The summed E-state index contributed by atoms with van der Waals surface area (Å²) in [6.45, 7) is 5.37. The molecule has 0 aromatic carbocycles. The first-order chi connectivity index (χ1) is 7.08. The third-order valence-corrected chi connectivity index (χ3v) is 2.13. The first-order valence-electron chi connectivity index (χ1n) is 4.30. The van der Waals surface area contributed by atoms with E-state index in [1.54, 1.807) is 13.0 Å². The van der Waals surface area contributed by atoms with Crippen molar-refractivity contribution in [1.29, 1.82) is 0 Å². The van der Waals surface area contributed by atoms with Crippen molar-refractivity contribution in [3.63, 3.8) is 0 Å². The highest BCUT2D eigenvalue weighted by Gasteiger charge is 2.12. The lowest BCUT2D eigenvalue weighted by molar-refractivity contribution is -0.139. The number of rotatable bonds is 3. The van der Waals surface area contributed by atoms with E-state index in [0.29, 0.717) is 17.0 Å². The molecule has 80 valence electrons. The zero-order valence-electron chi connectivity index (χ0n) is 8.58. The number of hydrogen-bond donors (Lipinski definition) is 0. The number of aromatic nitrogens is 2. The maximum Gasteiger partial charge on any atom is 0.310 e. The van der Waals surface area contributed by atoms with Crippen molar-refractivity contribution < 1.29 is 9.53 Å². The largest absolute Gasteiger partial charge is 0.469 e. The van der Waals surface area contributed by atoms with Crippen molar-refractivity contribution in [2.24, 2.45) is 0 Å². The van der Waals surface area contributed by atoms with Gasteiger partial charge in [0.15, 0.2) is 0 Å². The van der Waals surface area contributed by atoms with Crippen molar-refractivity contribution in [2.45, 2.75) is 13.3 Å². The van der Waals surface area contributed by atoms with Crippen LogP contribution in [0, 0.1) is 6.92 Å². The molecule has 5 heteroatoms. The quantitative estimate of drug-likeness (QED) is 0.583. The van der Waals surface area contributed by atoms with Gasteiger partial charge in [-0.1, -0.05) is 6.58 Å². The van der Waals surface area contributed by atoms with E-state index in [2.05, 4.69) is 21.3 Å². The van der Waals surface area contributed by atoms with Crippen molar-refractivity contribution >= 4 is 23.6 Å². The molecule has 0 spiro atoms. The molecule has 0 aliphatic rings. The second kappa shape index (κ2) is 4.89. The summed E-state index contributed by atoms with van der Waals surface area (Å²) in [5.74, 6) is -0.341. The predicted octanol–water partition coefficient (Wildman–Crippen LogP) is 1.80. The van der Waals surface area contributed by atoms with Crippen molar-refractivity contribution in [2.75, 3.05) is 7.11 Å². The standard InChI is InChI=1S/C10H11ClN2O2/c1-4-8-7(5-9(14)15-3)6(2)12-10(11)13-8/h4H,1,5H2,2-3H3. The minimum Gasteiger partial charge on any atom is -0.469 e. The molecule has 0 bridgehead atoms. The molecule has 0 unspecified atom stereocenters. The smallest absolute Gasteiger partial charge is 0.310 e. The highest BCUT2D eigenvalue weighted by atomic mass is 35.5. The molecular formula is C10H11ClN2O2. The third-order valence-electron chi connectivity index (χ3n) is 1.96. The Labute approximate surface area is 92.9 Å². The molecule has 1 rings (SSSR count). The Morgan fingerprint density at radius 3 is 2.80 bits per heavy atom. The van der Waals surface area contributed by atoms with Crippen LogP contribution in [0.5, 0.6) is 0 Å². The van der Waals surface area contributed by atoms with E-state index < -0.39 is 0 Å². The van der Waals surface area contributed by atoms with Gasteiger partial charge in [-0.2, -0.15) is 0 Å². The van der Waals surface area contributed by atoms with E-state index in [4.69, 9.17) is 11.6 Å². The molecule has 0 atom stereocenters. The number of aryl methyl sites for hydroxylation is 1. The lowest BCUT2D eigenvalue weighted by Gasteiger charge is -2.07. The van der Waals surface area contributed by atoms with E-state index in [-0.39, 0.29) is 17.7 Å². The Morgan fingerprint density at radius 2 is 2.27 bits per heavy atom. The van der Waals surface area contributed by atoms with E-state index in [9.17, 15) is 4.79 Å². The second-order valence-corrected chi connectivity index (χ2v) is 3.24. The SMILES string of the molecule is C=Cc1nc(Cl)nc(C)c1CC(=O)OC. The normalized spacial score (nSPS) is 9.80. The molecule has 0 fully saturated rings. The predicted molar refractivity (Wildman–Crippen MR) is 57.6 cm³/mol. The molecule has 4 nitrogen and oxygen atoms in total. The molecule has 0 aliphatic heterocycles. The van der Waals surface area contributed by atoms with Gasteiger partial charge in [0.05, 0.1) is 19.2 Å². The van der Waals surface area contributed by atoms with Crippen LogP contribution >= 0.6 is 11.6 Å². The van der Waals surface area contributed by atoms with Crippen molar-refractivity contribution in [3.05, 3.63) is 28.8 Å². The van der Waals surface area contributed by atoms with Crippen LogP contribution < -0.4 is 0 Å². The van der Waals surface area contributed by atoms with Crippen molar-refractivity contribution in [1.82, 2.24) is 9.97 Å². The number of esters is 1. The number of methoxy groups -OCH3 is 1. The van der Waals surface area contributed by atoms with Gasteiger partial charge in [-0.15, -0.1) is 0 Å². The second-order valence-electron chi connectivity index (χ2n) is 2.90. The molecule has 15 heavy (non-hydrogen) atoms. The molecule has 1 aromatic rings. The number of hydrogen-bond acceptors (Lipinski definition) is 4. The van der Waals surface area contributed by atoms with E-state index in [1.165, 1.54) is 7.11 Å². The molecule has 0 aliphatic carbocycles. The van der Waals surface area contributed by atoms with Gasteiger partial charge in [0.25, 0.3) is 0 Å². The number of carbonyl (C=O) groups is 1. The highest BCUT2D eigenvalue weighted by Crippen LogP contribution is 2.15. The summed E-state index contributed by atoms with van der Waals surface area (Å²) < 4.78 is 4.58. The molecular weight excluding hydrogens is 216 g/mol. The zero-order valence-corrected chi connectivity index (χ0v) is 9.34. The maximum atomic E-state index is 11.1. The number of ether oxygens (including phenoxy) is 1. The summed E-state index contributed by atoms with van der Waals surface area (Å²) in [6, 6.07) is 0. The fourth-order valence-electron chi connectivity index (χ4n) is 1.19. The molecule has 1 heterocycles. The summed E-state index contributed by atoms with van der Waals surface area (Å²) in [5.41, 5.74) is 1.93. The summed E-state index contributed by atoms with van der Waals surface area (Å²) in [5, 5.41) is 0.149. The molecule has 0 amide bonds. The Morgan fingerprint density at radius 1 is 1.60 bits per heavy atom. The lowest BCUT2D eigenvalue weighted by Crippen LogP contribution is -2.09. The first-order valence-corrected chi connectivity index (χ1v) is 4.68. The van der Waals surface area contributed by atoms with Gasteiger partial charge in [-0.05, 0) is 24.6 Å². The average molecular weight is 227 g/mol. The number of halogens is 1. The molecule has 0 N–H and O–H groups in total. The Bertz CT molecular complexity index is 405. The lowest BCUT2D eigenvalue weighted by atomic mass is 10.1. The molecule has 0 radical (unpaired) electrons. The minimum atomic E-state index is -0.341. The summed E-state index contributed by atoms with van der Waals surface area (Å²) in [6.07, 6.45) is 1.67. The number of carbonyl (C=O) groups excluding carboxylic acids is 1. The van der Waals surface area contributed by atoms with Gasteiger partial charge in [-0.25, -0.2) is 9.97 Å². The van der Waals surface area contributed by atoms with Gasteiger partial charge in [-0.3, -0.25) is 4.79 Å². The van der Waals surface area contributed by atoms with Crippen LogP contribution in [0.4, 0.5) is 0 Å². The summed E-state index contributed by atoms with van der Waals surface area (Å²) in [4.78, 5) is 19.1. The van der Waals surface area contributed by atoms with Crippen LogP contribution in [0.15, 0.2) is 6.58 Å². The van der Waals surface area contributed by atoms with Crippen LogP contribution in [-0.4, -0.2) is 23.0 Å². The molecule has 1 aromatic heterocycles. The van der Waals surface area contributed by atoms with E-state index >= 15 is 0 Å². The topological polar surface area (TPSA) is 52.1 Å². The first kappa shape index (κ1) is 11.7. The van der Waals surface area contributed by atoms with Crippen LogP contribution in [-0.2, 0) is 16.0 Å². The van der Waals surface area contributed by atoms with Crippen LogP contribution in [0.2, 0.25) is 5.28 Å². The number of nitrogens with zero attached hydrogens (tertiary/aromatic N) is 2. The van der Waals surface area contributed by atoms with Gasteiger partial charge < -0.3 is 4.74 Å². The molecule has 0 saturated heterocycles. The highest BCUT2D eigenvalue weighted by molar-refractivity contribution is 6.28. The monoisotopic (exact) mass is 226 g/mol. The van der Waals surface area contributed by atoms with Crippen LogP contribution in [0.3, 0.4) is 0 Å². The van der Waals surface area contributed by atoms with E-state index in [1.807, 2.05) is 0 Å². The Balaban J connectivity index is 3.15. The van der Waals surface area contributed by atoms with Gasteiger partial charge in [0, 0.05) is 11.3 Å². The fourth-order valence-corrected chi connectivity index (χ4v) is 1.40. The summed E-state index contributed by atoms with van der Waals surface area (Å²) >= 11 is 5.69. The van der Waals surface area contributed by atoms with Crippen LogP contribution in [0.1, 0.15) is 17.0 Å². The summed E-state index contributed by atoms with van der Waals surface area (Å²) in [7, 11) is 1.34. The Hall–Kier alpha value is -1.42. The average Bonchev–Trinajstić information content (AvgIpc) is 2.21.